The third-order valence-corrected chi connectivity index (χ3v) is 4.70. The van der Waals surface area contributed by atoms with E-state index in [9.17, 15) is 4.79 Å². The highest BCUT2D eigenvalue weighted by atomic mass is 16.5. The van der Waals surface area contributed by atoms with Gasteiger partial charge in [-0.2, -0.15) is 0 Å². The summed E-state index contributed by atoms with van der Waals surface area (Å²) in [4.78, 5) is 23.8. The molecule has 0 unspecified atom stereocenters. The van der Waals surface area contributed by atoms with E-state index in [1.807, 2.05) is 26.8 Å². The Kier molecular flexibility index (Phi) is 4.53. The van der Waals surface area contributed by atoms with Crippen molar-refractivity contribution in [3.63, 3.8) is 0 Å². The molecule has 1 saturated carbocycles. The first kappa shape index (κ1) is 16.2. The number of aryl methyl sites for hydroxylation is 2. The van der Waals surface area contributed by atoms with E-state index in [1.54, 1.807) is 0 Å². The first-order valence-corrected chi connectivity index (χ1v) is 8.48. The van der Waals surface area contributed by atoms with Crippen LogP contribution in [-0.2, 0) is 9.53 Å². The number of hydrogen-bond acceptors (Lipinski definition) is 5. The maximum Gasteiger partial charge on any atom is 0.254 e. The molecule has 1 aliphatic carbocycles. The number of anilines is 1. The number of nitrogens with one attached hydrogen (secondary N) is 1. The number of morpholine rings is 1. The van der Waals surface area contributed by atoms with Crippen molar-refractivity contribution < 1.29 is 9.53 Å². The van der Waals surface area contributed by atoms with Gasteiger partial charge in [0.15, 0.2) is 5.60 Å². The number of aromatic nitrogens is 2. The van der Waals surface area contributed by atoms with Crippen molar-refractivity contribution in [1.82, 2.24) is 15.3 Å². The number of rotatable bonds is 3. The zero-order valence-corrected chi connectivity index (χ0v) is 14.3. The van der Waals surface area contributed by atoms with Gasteiger partial charge in [-0.25, -0.2) is 9.97 Å². The second-order valence-corrected chi connectivity index (χ2v) is 6.91. The van der Waals surface area contributed by atoms with Crippen molar-refractivity contribution in [2.24, 2.45) is 0 Å². The highest BCUT2D eigenvalue weighted by Gasteiger charge is 2.41. The molecule has 126 valence electrons. The van der Waals surface area contributed by atoms with Gasteiger partial charge in [-0.3, -0.25) is 4.79 Å². The fourth-order valence-corrected chi connectivity index (χ4v) is 3.44. The third-order valence-electron chi connectivity index (χ3n) is 4.70. The van der Waals surface area contributed by atoms with E-state index in [-0.39, 0.29) is 5.91 Å². The normalized spacial score (nSPS) is 25.6. The summed E-state index contributed by atoms with van der Waals surface area (Å²) in [6.07, 6.45) is 4.55. The number of carbonyl (C=O) groups excluding carboxylic acids is 1. The molecule has 3 rings (SSSR count). The summed E-state index contributed by atoms with van der Waals surface area (Å²) < 4.78 is 5.84. The Bertz CT molecular complexity index is 566. The maximum atomic E-state index is 12.7. The van der Waals surface area contributed by atoms with Crippen molar-refractivity contribution >= 4 is 11.9 Å². The first-order chi connectivity index (χ1) is 11.0. The predicted molar refractivity (Wildman–Crippen MR) is 88.5 cm³/mol. The molecule has 0 aromatic carbocycles. The summed E-state index contributed by atoms with van der Waals surface area (Å²) in [7, 11) is 0. The van der Waals surface area contributed by atoms with Crippen molar-refractivity contribution in [3.8, 4) is 0 Å². The third kappa shape index (κ3) is 3.63. The van der Waals surface area contributed by atoms with Crippen LogP contribution in [0, 0.1) is 13.8 Å². The van der Waals surface area contributed by atoms with Gasteiger partial charge in [0, 0.05) is 24.0 Å². The van der Waals surface area contributed by atoms with Crippen LogP contribution >= 0.6 is 0 Å². The Morgan fingerprint density at radius 3 is 2.61 bits per heavy atom. The molecule has 0 spiro atoms. The van der Waals surface area contributed by atoms with E-state index in [0.717, 1.165) is 24.2 Å². The molecule has 23 heavy (non-hydrogen) atoms. The fourth-order valence-electron chi connectivity index (χ4n) is 3.44. The van der Waals surface area contributed by atoms with Crippen LogP contribution in [-0.4, -0.2) is 47.2 Å². The molecule has 0 bridgehead atoms. The highest BCUT2D eigenvalue weighted by molar-refractivity contribution is 5.86. The summed E-state index contributed by atoms with van der Waals surface area (Å²) in [6.45, 7) is 7.48. The quantitative estimate of drug-likeness (QED) is 0.919. The molecule has 1 aliphatic heterocycles. The monoisotopic (exact) mass is 318 g/mol. The number of carbonyl (C=O) groups is 1. The van der Waals surface area contributed by atoms with E-state index in [4.69, 9.17) is 4.74 Å². The van der Waals surface area contributed by atoms with Gasteiger partial charge in [-0.15, -0.1) is 0 Å². The summed E-state index contributed by atoms with van der Waals surface area (Å²) in [5, 5.41) is 3.15. The average molecular weight is 318 g/mol. The van der Waals surface area contributed by atoms with E-state index in [2.05, 4.69) is 20.2 Å². The van der Waals surface area contributed by atoms with E-state index in [1.165, 1.54) is 12.8 Å². The first-order valence-electron chi connectivity index (χ1n) is 8.48. The van der Waals surface area contributed by atoms with Crippen LogP contribution in [0.5, 0.6) is 0 Å². The summed E-state index contributed by atoms with van der Waals surface area (Å²) in [5.41, 5.74) is 1.04. The molecular formula is C17H26N4O2. The topological polar surface area (TPSA) is 67.4 Å². The van der Waals surface area contributed by atoms with Crippen molar-refractivity contribution in [1.29, 1.82) is 0 Å². The van der Waals surface area contributed by atoms with Crippen LogP contribution in [0.3, 0.4) is 0 Å². The van der Waals surface area contributed by atoms with Crippen LogP contribution in [0.15, 0.2) is 6.07 Å². The molecule has 1 aromatic heterocycles. The van der Waals surface area contributed by atoms with Gasteiger partial charge in [0.1, 0.15) is 0 Å². The minimum atomic E-state index is -0.845. The molecular weight excluding hydrogens is 292 g/mol. The Hall–Kier alpha value is -1.69. The SMILES string of the molecule is Cc1cc(C)nc(N2CCO[C@](C)(C(=O)NC3CCCC3)C2)n1. The molecule has 6 heteroatoms. The lowest BCUT2D eigenvalue weighted by molar-refractivity contribution is -0.147. The van der Waals surface area contributed by atoms with Gasteiger partial charge in [-0.1, -0.05) is 12.8 Å². The van der Waals surface area contributed by atoms with Gasteiger partial charge < -0.3 is 15.0 Å². The minimum Gasteiger partial charge on any atom is -0.362 e. The van der Waals surface area contributed by atoms with Gasteiger partial charge in [0.25, 0.3) is 5.91 Å². The van der Waals surface area contributed by atoms with Crippen LogP contribution < -0.4 is 10.2 Å². The van der Waals surface area contributed by atoms with E-state index >= 15 is 0 Å². The van der Waals surface area contributed by atoms with Gasteiger partial charge >= 0.3 is 0 Å². The molecule has 2 heterocycles. The summed E-state index contributed by atoms with van der Waals surface area (Å²) >= 11 is 0. The average Bonchev–Trinajstić information content (AvgIpc) is 2.99. The smallest absolute Gasteiger partial charge is 0.254 e. The molecule has 2 aliphatic rings. The second-order valence-electron chi connectivity index (χ2n) is 6.91. The number of nitrogens with zero attached hydrogens (tertiary/aromatic N) is 3. The minimum absolute atomic E-state index is 0.0153. The van der Waals surface area contributed by atoms with Crippen LogP contribution in [0.1, 0.15) is 44.0 Å². The molecule has 1 aromatic rings. The summed E-state index contributed by atoms with van der Waals surface area (Å²) in [6, 6.07) is 2.26. The lowest BCUT2D eigenvalue weighted by atomic mass is 10.0. The Balaban J connectivity index is 1.72. The Labute approximate surface area is 137 Å². The predicted octanol–water partition coefficient (Wildman–Crippen LogP) is 1.75. The van der Waals surface area contributed by atoms with Gasteiger partial charge in [0.2, 0.25) is 5.95 Å². The largest absolute Gasteiger partial charge is 0.362 e. The second kappa shape index (κ2) is 6.43. The van der Waals surface area contributed by atoms with Gasteiger partial charge in [-0.05, 0) is 39.7 Å². The molecule has 1 atom stereocenters. The van der Waals surface area contributed by atoms with E-state index < -0.39 is 5.60 Å². The van der Waals surface area contributed by atoms with Crippen LogP contribution in [0.2, 0.25) is 0 Å². The fraction of sp³-hybridized carbons (Fsp3) is 0.706. The van der Waals surface area contributed by atoms with Crippen LogP contribution in [0.4, 0.5) is 5.95 Å². The molecule has 1 N–H and O–H groups in total. The van der Waals surface area contributed by atoms with E-state index in [0.29, 0.717) is 31.7 Å². The maximum absolute atomic E-state index is 12.7. The molecule has 1 amide bonds. The lowest BCUT2D eigenvalue weighted by Crippen LogP contribution is -2.59. The Morgan fingerprint density at radius 2 is 1.96 bits per heavy atom. The summed E-state index contributed by atoms with van der Waals surface area (Å²) in [5.74, 6) is 0.671. The Morgan fingerprint density at radius 1 is 1.30 bits per heavy atom. The van der Waals surface area contributed by atoms with Crippen molar-refractivity contribution in [3.05, 3.63) is 17.5 Å². The number of ether oxygens (including phenoxy) is 1. The molecule has 0 radical (unpaired) electrons. The number of amides is 1. The standard InChI is InChI=1S/C17H26N4O2/c1-12-10-13(2)19-16(18-12)21-8-9-23-17(3,11-21)15(22)20-14-6-4-5-7-14/h10,14H,4-9,11H2,1-3H3,(H,20,22)/t17-/m0/s1. The molecule has 2 fully saturated rings. The zero-order valence-electron chi connectivity index (χ0n) is 14.3. The van der Waals surface area contributed by atoms with Crippen LogP contribution in [0.25, 0.3) is 0 Å². The highest BCUT2D eigenvalue weighted by Crippen LogP contribution is 2.24. The lowest BCUT2D eigenvalue weighted by Gasteiger charge is -2.39. The van der Waals surface area contributed by atoms with Crippen molar-refractivity contribution in [2.45, 2.75) is 58.1 Å². The zero-order chi connectivity index (χ0) is 16.4. The molecule has 6 nitrogen and oxygen atoms in total. The van der Waals surface area contributed by atoms with Crippen molar-refractivity contribution in [2.75, 3.05) is 24.6 Å². The molecule has 1 saturated heterocycles. The van der Waals surface area contributed by atoms with Gasteiger partial charge in [0.05, 0.1) is 13.2 Å². The number of hydrogen-bond donors (Lipinski definition) is 1.